The van der Waals surface area contributed by atoms with E-state index in [0.29, 0.717) is 56.1 Å². The summed E-state index contributed by atoms with van der Waals surface area (Å²) < 4.78 is 53.2. The molecule has 3 saturated heterocycles. The maximum absolute atomic E-state index is 13.0. The lowest BCUT2D eigenvalue weighted by atomic mass is 10.00. The molecule has 0 spiro atoms. The first kappa shape index (κ1) is 41.3. The second-order valence-electron chi connectivity index (χ2n) is 13.1. The van der Waals surface area contributed by atoms with Crippen molar-refractivity contribution in [3.63, 3.8) is 0 Å². The highest BCUT2D eigenvalue weighted by Crippen LogP contribution is 2.44. The zero-order valence-corrected chi connectivity index (χ0v) is 32.5. The van der Waals surface area contributed by atoms with Gasteiger partial charge in [0.2, 0.25) is 0 Å². The molecule has 282 valence electrons. The van der Waals surface area contributed by atoms with Gasteiger partial charge in [-0.25, -0.2) is 0 Å². The Morgan fingerprint density at radius 3 is 1.69 bits per heavy atom. The van der Waals surface area contributed by atoms with Crippen molar-refractivity contribution in [3.8, 4) is 0 Å². The first-order valence-corrected chi connectivity index (χ1v) is 20.8. The molecule has 5 atom stereocenters. The third-order valence-corrected chi connectivity index (χ3v) is 11.5. The molecular weight excluding hydrogens is 695 g/mol. The van der Waals surface area contributed by atoms with E-state index in [1.807, 2.05) is 27.7 Å². The Bertz CT molecular complexity index is 1050. The van der Waals surface area contributed by atoms with E-state index in [0.717, 1.165) is 48.7 Å². The van der Waals surface area contributed by atoms with Crippen LogP contribution in [0.15, 0.2) is 9.81 Å². The van der Waals surface area contributed by atoms with Gasteiger partial charge >= 0.3 is 0 Å². The lowest BCUT2D eigenvalue weighted by Gasteiger charge is -2.37. The van der Waals surface area contributed by atoms with Crippen molar-refractivity contribution in [3.05, 3.63) is 9.81 Å². The second-order valence-corrected chi connectivity index (χ2v) is 16.4. The number of thioether (sulfide) groups is 3. The van der Waals surface area contributed by atoms with E-state index >= 15 is 0 Å². The minimum atomic E-state index is -0.720. The summed E-state index contributed by atoms with van der Waals surface area (Å²) in [5.41, 5.74) is 0. The Morgan fingerprint density at radius 1 is 0.633 bits per heavy atom. The van der Waals surface area contributed by atoms with E-state index in [-0.39, 0.29) is 49.4 Å². The van der Waals surface area contributed by atoms with Crippen LogP contribution in [0.1, 0.15) is 67.2 Å². The van der Waals surface area contributed by atoms with Crippen LogP contribution < -0.4 is 0 Å². The van der Waals surface area contributed by atoms with E-state index in [4.69, 9.17) is 42.6 Å². The zero-order valence-electron chi connectivity index (χ0n) is 30.1. The van der Waals surface area contributed by atoms with Crippen molar-refractivity contribution in [2.24, 2.45) is 0 Å². The third kappa shape index (κ3) is 12.6. The van der Waals surface area contributed by atoms with Crippen LogP contribution in [-0.4, -0.2) is 141 Å². The standard InChI is InChI=1S/C34H57NO11S3/c1-7-9-20-48-28-29(49-21-10-8-2)31(37)35(30(28)36)11-12-38-13-14-39-15-16-40-17-18-41-19-22-47-23-24-25-26(44-33(3,4)43-25)27-32(42-24)46-34(5,6)45-27/h24-27,32H,7-23H2,1-6H3/t24-,25+,26+,27-,32+/m1/s1. The maximum atomic E-state index is 13.0. The van der Waals surface area contributed by atoms with Gasteiger partial charge in [-0.05, 0) is 52.0 Å². The van der Waals surface area contributed by atoms with E-state index in [1.54, 1.807) is 11.8 Å². The van der Waals surface area contributed by atoms with E-state index in [2.05, 4.69) is 13.8 Å². The monoisotopic (exact) mass is 751 g/mol. The molecule has 0 saturated carbocycles. The van der Waals surface area contributed by atoms with Crippen LogP contribution in [0.5, 0.6) is 0 Å². The predicted molar refractivity (Wildman–Crippen MR) is 192 cm³/mol. The van der Waals surface area contributed by atoms with Gasteiger partial charge in [-0.15, -0.1) is 23.5 Å². The molecule has 0 N–H and O–H groups in total. The number of imide groups is 1. The molecule has 49 heavy (non-hydrogen) atoms. The molecule has 0 aromatic carbocycles. The molecule has 4 aliphatic rings. The van der Waals surface area contributed by atoms with Crippen molar-refractivity contribution < 1.29 is 52.2 Å². The fourth-order valence-corrected chi connectivity index (χ4v) is 9.12. The molecule has 4 aliphatic heterocycles. The number of rotatable bonds is 25. The van der Waals surface area contributed by atoms with Crippen LogP contribution in [-0.2, 0) is 52.2 Å². The zero-order chi connectivity index (χ0) is 35.3. The molecule has 12 nitrogen and oxygen atoms in total. The van der Waals surface area contributed by atoms with Gasteiger partial charge in [-0.1, -0.05) is 26.7 Å². The number of unbranched alkanes of at least 4 members (excludes halogenated alkanes) is 2. The molecule has 3 fully saturated rings. The largest absolute Gasteiger partial charge is 0.378 e. The van der Waals surface area contributed by atoms with Gasteiger partial charge in [0.05, 0.1) is 75.3 Å². The topological polar surface area (TPSA) is 120 Å². The minimum absolute atomic E-state index is 0.167. The number of hydrogen-bond acceptors (Lipinski definition) is 14. The average molecular weight is 752 g/mol. The van der Waals surface area contributed by atoms with Crippen LogP contribution in [0.25, 0.3) is 0 Å². The number of amides is 2. The molecule has 0 radical (unpaired) electrons. The van der Waals surface area contributed by atoms with Gasteiger partial charge in [0, 0.05) is 11.5 Å². The van der Waals surface area contributed by atoms with Gasteiger partial charge in [-0.2, -0.15) is 11.8 Å². The van der Waals surface area contributed by atoms with Crippen molar-refractivity contribution in [1.29, 1.82) is 0 Å². The van der Waals surface area contributed by atoms with Gasteiger partial charge < -0.3 is 42.6 Å². The molecule has 4 heterocycles. The number of carbonyl (C=O) groups is 2. The Balaban J connectivity index is 0.971. The van der Waals surface area contributed by atoms with E-state index < -0.39 is 17.9 Å². The molecule has 15 heteroatoms. The summed E-state index contributed by atoms with van der Waals surface area (Å²) in [6.07, 6.45) is 2.75. The average Bonchev–Trinajstić information content (AvgIpc) is 3.63. The molecule has 0 aromatic rings. The summed E-state index contributed by atoms with van der Waals surface area (Å²) in [5, 5.41) is 0. The fourth-order valence-electron chi connectivity index (χ4n) is 5.69. The molecule has 2 amide bonds. The van der Waals surface area contributed by atoms with Crippen molar-refractivity contribution in [2.45, 2.75) is 110 Å². The van der Waals surface area contributed by atoms with Crippen LogP contribution in [0.2, 0.25) is 0 Å². The van der Waals surface area contributed by atoms with Gasteiger partial charge in [0.15, 0.2) is 17.9 Å². The predicted octanol–water partition coefficient (Wildman–Crippen LogP) is 4.83. The lowest BCUT2D eigenvalue weighted by molar-refractivity contribution is -0.228. The first-order valence-electron chi connectivity index (χ1n) is 17.7. The molecule has 0 aromatic heterocycles. The number of carbonyl (C=O) groups excluding carboxylic acids is 2. The van der Waals surface area contributed by atoms with Gasteiger partial charge in [0.25, 0.3) is 11.8 Å². The van der Waals surface area contributed by atoms with E-state index in [1.165, 1.54) is 28.4 Å². The summed E-state index contributed by atoms with van der Waals surface area (Å²) in [5.74, 6) is 1.45. The Morgan fingerprint density at radius 2 is 1.12 bits per heavy atom. The highest BCUT2D eigenvalue weighted by Gasteiger charge is 2.60. The summed E-state index contributed by atoms with van der Waals surface area (Å²) in [6, 6.07) is 0. The Hall–Kier alpha value is -0.430. The number of ether oxygens (including phenoxy) is 9. The molecular formula is C34H57NO11S3. The summed E-state index contributed by atoms with van der Waals surface area (Å²) in [4.78, 5) is 28.5. The summed E-state index contributed by atoms with van der Waals surface area (Å²) in [6.45, 7) is 15.7. The SMILES string of the molecule is CCCCSC1=C(SCCCC)C(=O)N(CCOCCOCCOCCOCCSC[C@H]2O[C@H]3OC(C)(C)O[C@@H]3[C@H]3OC(C)(C)O[C@H]32)C1=O. The van der Waals surface area contributed by atoms with Crippen molar-refractivity contribution in [1.82, 2.24) is 4.90 Å². The molecule has 4 rings (SSSR count). The fraction of sp³-hybridized carbons (Fsp3) is 0.882. The highest BCUT2D eigenvalue weighted by atomic mass is 32.2. The number of fused-ring (bicyclic) bond motifs is 3. The summed E-state index contributed by atoms with van der Waals surface area (Å²) in [7, 11) is 0. The lowest BCUT2D eigenvalue weighted by Crippen LogP contribution is -2.55. The number of nitrogens with zero attached hydrogens (tertiary/aromatic N) is 1. The summed E-state index contributed by atoms with van der Waals surface area (Å²) >= 11 is 4.77. The van der Waals surface area contributed by atoms with Crippen molar-refractivity contribution >= 4 is 47.1 Å². The minimum Gasteiger partial charge on any atom is -0.378 e. The molecule has 0 unspecified atom stereocenters. The smallest absolute Gasteiger partial charge is 0.268 e. The van der Waals surface area contributed by atoms with Gasteiger partial charge in [0.1, 0.15) is 18.3 Å². The van der Waals surface area contributed by atoms with Crippen LogP contribution in [0, 0.1) is 0 Å². The first-order chi connectivity index (χ1) is 23.6. The van der Waals surface area contributed by atoms with Gasteiger partial charge in [-0.3, -0.25) is 14.5 Å². The molecule has 0 bridgehead atoms. The molecule has 0 aliphatic carbocycles. The number of hydrogen-bond donors (Lipinski definition) is 0. The normalized spacial score (nSPS) is 27.4. The van der Waals surface area contributed by atoms with Crippen LogP contribution in [0.4, 0.5) is 0 Å². The maximum Gasteiger partial charge on any atom is 0.268 e. The Labute approximate surface area is 305 Å². The van der Waals surface area contributed by atoms with E-state index in [9.17, 15) is 9.59 Å². The van der Waals surface area contributed by atoms with Crippen LogP contribution >= 0.6 is 35.3 Å². The third-order valence-electron chi connectivity index (χ3n) is 8.05. The second kappa shape index (κ2) is 20.7. The highest BCUT2D eigenvalue weighted by molar-refractivity contribution is 8.08. The Kier molecular flexibility index (Phi) is 17.5. The van der Waals surface area contributed by atoms with Crippen LogP contribution in [0.3, 0.4) is 0 Å². The van der Waals surface area contributed by atoms with Crippen molar-refractivity contribution in [2.75, 3.05) is 82.4 Å². The quantitative estimate of drug-likeness (QED) is 0.0936.